The molecule has 1 aromatic rings. The maximum Gasteiger partial charge on any atom is 0.237 e. The third-order valence-corrected chi connectivity index (χ3v) is 3.82. The summed E-state index contributed by atoms with van der Waals surface area (Å²) in [4.78, 5) is 14.5. The molecular weight excluding hydrogens is 234 g/mol. The van der Waals surface area contributed by atoms with Crippen LogP contribution in [0.15, 0.2) is 23.1 Å². The molecule has 0 aliphatic carbocycles. The van der Waals surface area contributed by atoms with Crippen LogP contribution in [-0.4, -0.2) is 24.7 Å². The highest BCUT2D eigenvalue weighted by Crippen LogP contribution is 2.37. The molecule has 0 fully saturated rings. The summed E-state index contributed by atoms with van der Waals surface area (Å²) >= 11 is 1.56. The lowest BCUT2D eigenvalue weighted by Gasteiger charge is -2.24. The van der Waals surface area contributed by atoms with E-state index in [4.69, 9.17) is 5.26 Å². The number of amides is 1. The number of rotatable bonds is 2. The number of carbonyl (C=O) groups is 1. The summed E-state index contributed by atoms with van der Waals surface area (Å²) in [5.74, 6) is 0.0302. The normalized spacial score (nSPS) is 17.9. The Labute approximate surface area is 105 Å². The van der Waals surface area contributed by atoms with Gasteiger partial charge in [-0.15, -0.1) is 11.8 Å². The van der Waals surface area contributed by atoms with Crippen molar-refractivity contribution in [1.29, 1.82) is 5.26 Å². The van der Waals surface area contributed by atoms with Crippen LogP contribution >= 0.6 is 11.8 Å². The molecule has 1 N–H and O–H groups in total. The van der Waals surface area contributed by atoms with Crippen LogP contribution in [0.5, 0.6) is 0 Å². The second-order valence-electron chi connectivity index (χ2n) is 3.94. The topological polar surface area (TPSA) is 56.1 Å². The van der Waals surface area contributed by atoms with E-state index in [2.05, 4.69) is 11.4 Å². The molecule has 0 aromatic heterocycles. The van der Waals surface area contributed by atoms with Crippen LogP contribution in [0, 0.1) is 11.3 Å². The fourth-order valence-corrected chi connectivity index (χ4v) is 2.56. The minimum Gasteiger partial charge on any atom is -0.361 e. The second kappa shape index (κ2) is 4.68. The molecule has 1 aliphatic rings. The molecule has 17 heavy (non-hydrogen) atoms. The number of anilines is 2. The molecule has 0 spiro atoms. The van der Waals surface area contributed by atoms with E-state index in [0.29, 0.717) is 6.54 Å². The average molecular weight is 247 g/mol. The SMILES string of the molecule is CC1Sc2ccc(N(C)CC#N)cc2NC1=O. The van der Waals surface area contributed by atoms with Crippen LogP contribution in [0.3, 0.4) is 0 Å². The molecular formula is C12H13N3OS. The monoisotopic (exact) mass is 247 g/mol. The van der Waals surface area contributed by atoms with E-state index in [1.54, 1.807) is 11.8 Å². The quantitative estimate of drug-likeness (QED) is 0.813. The predicted octanol–water partition coefficient (Wildman–Crippen LogP) is 2.08. The molecule has 0 radical (unpaired) electrons. The minimum atomic E-state index is -0.0508. The summed E-state index contributed by atoms with van der Waals surface area (Å²) < 4.78 is 0. The van der Waals surface area contributed by atoms with Crippen LogP contribution in [0.2, 0.25) is 0 Å². The molecule has 1 aromatic carbocycles. The van der Waals surface area contributed by atoms with Gasteiger partial charge in [0.05, 0.1) is 17.0 Å². The van der Waals surface area contributed by atoms with Crippen molar-refractivity contribution in [2.24, 2.45) is 0 Å². The first-order valence-electron chi connectivity index (χ1n) is 5.31. The highest BCUT2D eigenvalue weighted by Gasteiger charge is 2.23. The number of hydrogen-bond donors (Lipinski definition) is 1. The van der Waals surface area contributed by atoms with Gasteiger partial charge < -0.3 is 10.2 Å². The first kappa shape index (κ1) is 11.8. The summed E-state index contributed by atoms with van der Waals surface area (Å²) in [5.41, 5.74) is 1.76. The van der Waals surface area contributed by atoms with Crippen molar-refractivity contribution in [3.63, 3.8) is 0 Å². The van der Waals surface area contributed by atoms with Crippen molar-refractivity contribution >= 4 is 29.0 Å². The van der Waals surface area contributed by atoms with Gasteiger partial charge in [-0.2, -0.15) is 5.26 Å². The lowest BCUT2D eigenvalue weighted by Crippen LogP contribution is -2.26. The second-order valence-corrected chi connectivity index (χ2v) is 5.33. The van der Waals surface area contributed by atoms with Crippen molar-refractivity contribution < 1.29 is 4.79 Å². The zero-order valence-electron chi connectivity index (χ0n) is 9.73. The molecule has 1 aliphatic heterocycles. The molecule has 1 unspecified atom stereocenters. The summed E-state index contributed by atoms with van der Waals surface area (Å²) in [6, 6.07) is 7.95. The van der Waals surface area contributed by atoms with Crippen LogP contribution < -0.4 is 10.2 Å². The van der Waals surface area contributed by atoms with Crippen LogP contribution in [0.1, 0.15) is 6.92 Å². The molecule has 0 saturated carbocycles. The molecule has 0 saturated heterocycles. The summed E-state index contributed by atoms with van der Waals surface area (Å²) in [6.07, 6.45) is 0. The Hall–Kier alpha value is -1.67. The fraction of sp³-hybridized carbons (Fsp3) is 0.333. The van der Waals surface area contributed by atoms with E-state index < -0.39 is 0 Å². The molecule has 5 heteroatoms. The van der Waals surface area contributed by atoms with E-state index in [-0.39, 0.29) is 11.2 Å². The van der Waals surface area contributed by atoms with Gasteiger partial charge in [0.2, 0.25) is 5.91 Å². The van der Waals surface area contributed by atoms with Gasteiger partial charge in [-0.3, -0.25) is 4.79 Å². The zero-order valence-corrected chi connectivity index (χ0v) is 10.5. The Morgan fingerprint density at radius 1 is 1.59 bits per heavy atom. The molecule has 1 heterocycles. The average Bonchev–Trinajstić information content (AvgIpc) is 2.30. The molecule has 88 valence electrons. The van der Waals surface area contributed by atoms with Gasteiger partial charge in [-0.05, 0) is 25.1 Å². The fourth-order valence-electron chi connectivity index (χ4n) is 1.63. The van der Waals surface area contributed by atoms with Gasteiger partial charge in [0, 0.05) is 17.6 Å². The van der Waals surface area contributed by atoms with Gasteiger partial charge in [0.25, 0.3) is 0 Å². The predicted molar refractivity (Wildman–Crippen MR) is 69.3 cm³/mol. The van der Waals surface area contributed by atoms with Gasteiger partial charge in [0.15, 0.2) is 0 Å². The smallest absolute Gasteiger partial charge is 0.237 e. The number of thioether (sulfide) groups is 1. The van der Waals surface area contributed by atoms with Crippen LogP contribution in [-0.2, 0) is 4.79 Å². The minimum absolute atomic E-state index is 0.0302. The third kappa shape index (κ3) is 2.37. The highest BCUT2D eigenvalue weighted by atomic mass is 32.2. The first-order chi connectivity index (χ1) is 8.11. The number of fused-ring (bicyclic) bond motifs is 1. The van der Waals surface area contributed by atoms with Gasteiger partial charge >= 0.3 is 0 Å². The van der Waals surface area contributed by atoms with E-state index in [1.165, 1.54) is 0 Å². The van der Waals surface area contributed by atoms with Gasteiger partial charge in [-0.25, -0.2) is 0 Å². The largest absolute Gasteiger partial charge is 0.361 e. The number of carbonyl (C=O) groups excluding carboxylic acids is 1. The van der Waals surface area contributed by atoms with Gasteiger partial charge in [-0.1, -0.05) is 0 Å². The lowest BCUT2D eigenvalue weighted by atomic mass is 10.2. The Morgan fingerprint density at radius 2 is 2.35 bits per heavy atom. The number of nitrogens with one attached hydrogen (secondary N) is 1. The van der Waals surface area contributed by atoms with E-state index >= 15 is 0 Å². The third-order valence-electron chi connectivity index (χ3n) is 2.64. The van der Waals surface area contributed by atoms with Gasteiger partial charge in [0.1, 0.15) is 6.54 Å². The maximum atomic E-state index is 11.6. The first-order valence-corrected chi connectivity index (χ1v) is 6.19. The van der Waals surface area contributed by atoms with E-state index in [1.807, 2.05) is 37.1 Å². The van der Waals surface area contributed by atoms with Crippen LogP contribution in [0.4, 0.5) is 11.4 Å². The molecule has 1 atom stereocenters. The molecule has 1 amide bonds. The van der Waals surface area contributed by atoms with Crippen molar-refractivity contribution in [1.82, 2.24) is 0 Å². The zero-order chi connectivity index (χ0) is 12.4. The van der Waals surface area contributed by atoms with Crippen molar-refractivity contribution in [2.75, 3.05) is 23.8 Å². The Morgan fingerprint density at radius 3 is 3.06 bits per heavy atom. The van der Waals surface area contributed by atoms with Crippen molar-refractivity contribution in [3.8, 4) is 6.07 Å². The summed E-state index contributed by atoms with van der Waals surface area (Å²) in [5, 5.41) is 11.5. The van der Waals surface area contributed by atoms with Crippen LogP contribution in [0.25, 0.3) is 0 Å². The molecule has 0 bridgehead atoms. The standard InChI is InChI=1S/C12H13N3OS/c1-8-12(16)14-10-7-9(15(2)6-5-13)3-4-11(10)17-8/h3-4,7-8H,6H2,1-2H3,(H,14,16). The van der Waals surface area contributed by atoms with Crippen molar-refractivity contribution in [3.05, 3.63) is 18.2 Å². The summed E-state index contributed by atoms with van der Waals surface area (Å²) in [7, 11) is 1.85. The highest BCUT2D eigenvalue weighted by molar-refractivity contribution is 8.00. The van der Waals surface area contributed by atoms with E-state index in [9.17, 15) is 4.79 Å². The molecule has 4 nitrogen and oxygen atoms in total. The number of benzene rings is 1. The number of hydrogen-bond acceptors (Lipinski definition) is 4. The number of nitriles is 1. The maximum absolute atomic E-state index is 11.6. The lowest BCUT2D eigenvalue weighted by molar-refractivity contribution is -0.115. The summed E-state index contributed by atoms with van der Waals surface area (Å²) in [6.45, 7) is 2.22. The Bertz CT molecular complexity index is 495. The molecule has 2 rings (SSSR count). The Balaban J connectivity index is 2.29. The van der Waals surface area contributed by atoms with Crippen molar-refractivity contribution in [2.45, 2.75) is 17.1 Å². The Kier molecular flexibility index (Phi) is 3.25. The van der Waals surface area contributed by atoms with E-state index in [0.717, 1.165) is 16.3 Å². The number of nitrogens with zero attached hydrogens (tertiary/aromatic N) is 2.